The Morgan fingerprint density at radius 3 is 3.23 bits per heavy atom. The predicted octanol–water partition coefficient (Wildman–Crippen LogP) is 0.909. The maximum Gasteiger partial charge on any atom is 0.269 e. The number of amides is 1. The number of carbonyl (C=O) groups excluding carboxylic acids is 1. The van der Waals surface area contributed by atoms with Gasteiger partial charge in [-0.05, 0) is 18.6 Å². The maximum absolute atomic E-state index is 12.1. The lowest BCUT2D eigenvalue weighted by atomic mass is 10.1. The molecule has 1 amide bonds. The van der Waals surface area contributed by atoms with Gasteiger partial charge in [-0.25, -0.2) is 4.98 Å². The zero-order chi connectivity index (χ0) is 15.2. The van der Waals surface area contributed by atoms with Crippen molar-refractivity contribution in [3.05, 3.63) is 48.3 Å². The molecule has 2 aromatic heterocycles. The summed E-state index contributed by atoms with van der Waals surface area (Å²) in [6, 6.07) is 5.59. The topological polar surface area (TPSA) is 89.1 Å². The number of rotatable bonds is 5. The molecule has 0 aliphatic carbocycles. The minimum atomic E-state index is -0.192. The fourth-order valence-corrected chi connectivity index (χ4v) is 2.34. The van der Waals surface area contributed by atoms with Crippen LogP contribution >= 0.6 is 0 Å². The van der Waals surface area contributed by atoms with Crippen LogP contribution in [0.4, 0.5) is 0 Å². The minimum Gasteiger partial charge on any atom is -0.379 e. The van der Waals surface area contributed by atoms with Crippen LogP contribution in [0.1, 0.15) is 22.6 Å². The number of pyridine rings is 1. The van der Waals surface area contributed by atoms with Crippen molar-refractivity contribution in [1.82, 2.24) is 20.3 Å². The summed E-state index contributed by atoms with van der Waals surface area (Å²) in [7, 11) is 0. The lowest BCUT2D eigenvalue weighted by Crippen LogP contribution is -2.50. The van der Waals surface area contributed by atoms with Gasteiger partial charge in [-0.2, -0.15) is 0 Å². The van der Waals surface area contributed by atoms with E-state index in [-0.39, 0.29) is 18.1 Å². The molecular formula is C15H18N4O3. The first-order chi connectivity index (χ1) is 10.8. The Hall–Kier alpha value is -2.25. The van der Waals surface area contributed by atoms with Crippen LogP contribution in [0.15, 0.2) is 36.9 Å². The molecule has 3 heterocycles. The van der Waals surface area contributed by atoms with E-state index in [2.05, 4.69) is 20.3 Å². The summed E-state index contributed by atoms with van der Waals surface area (Å²) >= 11 is 0. The van der Waals surface area contributed by atoms with E-state index in [9.17, 15) is 4.79 Å². The lowest BCUT2D eigenvalue weighted by molar-refractivity contribution is -0.0743. The number of H-pyrrole nitrogens is 1. The Morgan fingerprint density at radius 2 is 2.45 bits per heavy atom. The Labute approximate surface area is 128 Å². The number of nitrogens with one attached hydrogen (secondary N) is 2. The highest BCUT2D eigenvalue weighted by Gasteiger charge is 2.28. The summed E-state index contributed by atoms with van der Waals surface area (Å²) in [5.74, 6) is -0.184. The third-order valence-corrected chi connectivity index (χ3v) is 3.53. The number of hydrogen-bond acceptors (Lipinski definition) is 5. The molecule has 0 unspecified atom stereocenters. The van der Waals surface area contributed by atoms with Gasteiger partial charge in [0.25, 0.3) is 5.91 Å². The van der Waals surface area contributed by atoms with Gasteiger partial charge in [0.15, 0.2) is 0 Å². The zero-order valence-corrected chi connectivity index (χ0v) is 12.1. The van der Waals surface area contributed by atoms with Crippen molar-refractivity contribution in [3.63, 3.8) is 0 Å². The second kappa shape index (κ2) is 7.15. The Kier molecular flexibility index (Phi) is 4.77. The largest absolute Gasteiger partial charge is 0.379 e. The van der Waals surface area contributed by atoms with Crippen molar-refractivity contribution < 1.29 is 14.3 Å². The normalized spacial score (nSPS) is 21.5. The first-order valence-electron chi connectivity index (χ1n) is 7.21. The van der Waals surface area contributed by atoms with Crippen molar-refractivity contribution in [1.29, 1.82) is 0 Å². The molecule has 2 aromatic rings. The summed E-state index contributed by atoms with van der Waals surface area (Å²) in [4.78, 5) is 23.0. The second-order valence-electron chi connectivity index (χ2n) is 5.08. The highest BCUT2D eigenvalue weighted by molar-refractivity contribution is 5.92. The van der Waals surface area contributed by atoms with Crippen molar-refractivity contribution >= 4 is 5.91 Å². The Morgan fingerprint density at radius 1 is 1.50 bits per heavy atom. The van der Waals surface area contributed by atoms with Gasteiger partial charge in [0.1, 0.15) is 11.8 Å². The molecule has 1 fully saturated rings. The predicted molar refractivity (Wildman–Crippen MR) is 78.1 cm³/mol. The van der Waals surface area contributed by atoms with Gasteiger partial charge in [-0.3, -0.25) is 9.78 Å². The molecule has 0 saturated carbocycles. The van der Waals surface area contributed by atoms with Crippen LogP contribution in [0.3, 0.4) is 0 Å². The first kappa shape index (κ1) is 14.7. The summed E-state index contributed by atoms with van der Waals surface area (Å²) in [6.07, 6.45) is 5.23. The average molecular weight is 302 g/mol. The molecular weight excluding hydrogens is 284 g/mol. The molecule has 7 nitrogen and oxygen atoms in total. The number of ether oxygens (including phenoxy) is 2. The fraction of sp³-hybridized carbons (Fsp3) is 0.400. The number of hydrogen-bond donors (Lipinski definition) is 2. The van der Waals surface area contributed by atoms with E-state index in [1.807, 2.05) is 18.2 Å². The van der Waals surface area contributed by atoms with E-state index in [4.69, 9.17) is 9.47 Å². The Bertz CT molecular complexity index is 588. The molecule has 3 rings (SSSR count). The van der Waals surface area contributed by atoms with E-state index in [0.717, 1.165) is 5.69 Å². The third kappa shape index (κ3) is 3.69. The van der Waals surface area contributed by atoms with Crippen LogP contribution in [0.5, 0.6) is 0 Å². The number of nitrogens with zero attached hydrogens (tertiary/aromatic N) is 2. The Balaban J connectivity index is 1.57. The van der Waals surface area contributed by atoms with E-state index in [1.54, 1.807) is 6.20 Å². The fourth-order valence-electron chi connectivity index (χ4n) is 2.34. The quantitative estimate of drug-likeness (QED) is 0.857. The third-order valence-electron chi connectivity index (χ3n) is 3.53. The van der Waals surface area contributed by atoms with Crippen LogP contribution < -0.4 is 5.32 Å². The highest BCUT2D eigenvalue weighted by atomic mass is 16.5. The standard InChI is InChI=1S/C15H18N4O3/c20-15(13-7-16-10-18-13)19-12-4-6-21-9-14(12)22-8-11-3-1-2-5-17-11/h1-3,5,7,10,12,14H,4,6,8-9H2,(H,16,18)(H,19,20)/t12-,14-/m0/s1. The van der Waals surface area contributed by atoms with Crippen molar-refractivity contribution in [2.75, 3.05) is 13.2 Å². The molecule has 0 aromatic carbocycles. The van der Waals surface area contributed by atoms with Crippen molar-refractivity contribution in [3.8, 4) is 0 Å². The number of aromatic nitrogens is 3. The van der Waals surface area contributed by atoms with Crippen molar-refractivity contribution in [2.45, 2.75) is 25.2 Å². The summed E-state index contributed by atoms with van der Waals surface area (Å²) < 4.78 is 11.3. The minimum absolute atomic E-state index is 0.0896. The summed E-state index contributed by atoms with van der Waals surface area (Å²) in [5.41, 5.74) is 1.29. The lowest BCUT2D eigenvalue weighted by Gasteiger charge is -2.31. The van der Waals surface area contributed by atoms with Gasteiger partial charge in [0.2, 0.25) is 0 Å². The molecule has 1 aliphatic rings. The molecule has 1 saturated heterocycles. The molecule has 116 valence electrons. The zero-order valence-electron chi connectivity index (χ0n) is 12.1. The van der Waals surface area contributed by atoms with E-state index < -0.39 is 0 Å². The smallest absolute Gasteiger partial charge is 0.269 e. The second-order valence-corrected chi connectivity index (χ2v) is 5.08. The summed E-state index contributed by atoms with van der Waals surface area (Å²) in [5, 5.41) is 2.97. The van der Waals surface area contributed by atoms with Crippen LogP contribution in [0, 0.1) is 0 Å². The molecule has 2 atom stereocenters. The summed E-state index contributed by atoms with van der Waals surface area (Å²) in [6.45, 7) is 1.46. The average Bonchev–Trinajstić information content (AvgIpc) is 3.10. The molecule has 1 aliphatic heterocycles. The highest BCUT2D eigenvalue weighted by Crippen LogP contribution is 2.14. The monoisotopic (exact) mass is 302 g/mol. The van der Waals surface area contributed by atoms with E-state index >= 15 is 0 Å². The molecule has 2 N–H and O–H groups in total. The van der Waals surface area contributed by atoms with Gasteiger partial charge < -0.3 is 19.8 Å². The van der Waals surface area contributed by atoms with Crippen LogP contribution in [-0.2, 0) is 16.1 Å². The van der Waals surface area contributed by atoms with E-state index in [0.29, 0.717) is 31.9 Å². The van der Waals surface area contributed by atoms with Gasteiger partial charge in [0.05, 0.1) is 37.5 Å². The SMILES string of the molecule is O=C(N[C@H]1CCOC[C@@H]1OCc1ccccn1)c1cnc[nH]1. The van der Waals surface area contributed by atoms with Crippen LogP contribution in [-0.4, -0.2) is 46.2 Å². The van der Waals surface area contributed by atoms with Gasteiger partial charge >= 0.3 is 0 Å². The van der Waals surface area contributed by atoms with Crippen LogP contribution in [0.25, 0.3) is 0 Å². The van der Waals surface area contributed by atoms with Gasteiger partial charge in [-0.15, -0.1) is 0 Å². The maximum atomic E-state index is 12.1. The molecule has 0 bridgehead atoms. The molecule has 0 spiro atoms. The van der Waals surface area contributed by atoms with Gasteiger partial charge in [0, 0.05) is 12.8 Å². The van der Waals surface area contributed by atoms with Gasteiger partial charge in [-0.1, -0.05) is 6.07 Å². The van der Waals surface area contributed by atoms with Crippen molar-refractivity contribution in [2.24, 2.45) is 0 Å². The molecule has 7 heteroatoms. The first-order valence-corrected chi connectivity index (χ1v) is 7.21. The number of aromatic amines is 1. The molecule has 22 heavy (non-hydrogen) atoms. The van der Waals surface area contributed by atoms with Crippen LogP contribution in [0.2, 0.25) is 0 Å². The number of imidazole rings is 1. The van der Waals surface area contributed by atoms with E-state index in [1.165, 1.54) is 12.5 Å². The molecule has 0 radical (unpaired) electrons. The number of carbonyl (C=O) groups is 1.